The van der Waals surface area contributed by atoms with E-state index in [9.17, 15) is 5.11 Å². The predicted octanol–water partition coefficient (Wildman–Crippen LogP) is 3.67. The molecule has 2 rings (SSSR count). The van der Waals surface area contributed by atoms with Gasteiger partial charge in [-0.05, 0) is 35.7 Å². The largest absolute Gasteiger partial charge is 0.508 e. The van der Waals surface area contributed by atoms with Crippen LogP contribution in [0, 0.1) is 0 Å². The van der Waals surface area contributed by atoms with Crippen LogP contribution < -0.4 is 9.47 Å². The van der Waals surface area contributed by atoms with Gasteiger partial charge in [-0.2, -0.15) is 0 Å². The van der Waals surface area contributed by atoms with Crippen LogP contribution in [0.25, 0.3) is 6.08 Å². The highest BCUT2D eigenvalue weighted by atomic mass is 16.5. The van der Waals surface area contributed by atoms with Gasteiger partial charge in [0.05, 0.1) is 14.2 Å². The number of hydrogen-bond acceptors (Lipinski definition) is 3. The molecule has 0 aliphatic rings. The van der Waals surface area contributed by atoms with Gasteiger partial charge in [-0.25, -0.2) is 0 Å². The Morgan fingerprint density at radius 1 is 1.05 bits per heavy atom. The normalized spacial score (nSPS) is 10.7. The van der Waals surface area contributed by atoms with Gasteiger partial charge in [0, 0.05) is 6.07 Å². The van der Waals surface area contributed by atoms with Gasteiger partial charge in [-0.15, -0.1) is 0 Å². The third-order valence-electron chi connectivity index (χ3n) is 3.01. The van der Waals surface area contributed by atoms with E-state index in [-0.39, 0.29) is 5.75 Å². The van der Waals surface area contributed by atoms with Crippen LogP contribution in [0.3, 0.4) is 0 Å². The summed E-state index contributed by atoms with van der Waals surface area (Å²) in [5.41, 5.74) is 2.06. The Kier molecular flexibility index (Phi) is 4.66. The molecule has 3 nitrogen and oxygen atoms in total. The number of benzene rings is 2. The average Bonchev–Trinajstić information content (AvgIpc) is 2.47. The fourth-order valence-electron chi connectivity index (χ4n) is 1.97. The second kappa shape index (κ2) is 6.66. The molecule has 2 aromatic carbocycles. The lowest BCUT2D eigenvalue weighted by atomic mass is 10.1. The average molecular weight is 270 g/mol. The molecule has 0 bridgehead atoms. The standard InChI is InChI=1S/C17H18O3/c1-19-16-10-9-14(17(12-16)20-2)7-3-5-13-6-4-8-15(18)11-13/h3-6,8-12,18H,7H2,1-2H3. The van der Waals surface area contributed by atoms with Crippen molar-refractivity contribution in [2.45, 2.75) is 6.42 Å². The minimum atomic E-state index is 0.272. The number of rotatable bonds is 5. The molecule has 0 amide bonds. The van der Waals surface area contributed by atoms with Crippen LogP contribution in [0.5, 0.6) is 17.2 Å². The van der Waals surface area contributed by atoms with E-state index in [1.54, 1.807) is 26.4 Å². The first-order valence-corrected chi connectivity index (χ1v) is 6.39. The Hall–Kier alpha value is -2.42. The first-order chi connectivity index (χ1) is 9.72. The Bertz CT molecular complexity index is 603. The highest BCUT2D eigenvalue weighted by molar-refractivity contribution is 5.52. The maximum atomic E-state index is 9.40. The summed E-state index contributed by atoms with van der Waals surface area (Å²) in [5, 5.41) is 9.40. The SMILES string of the molecule is COc1ccc(CC=Cc2cccc(O)c2)c(OC)c1. The predicted molar refractivity (Wildman–Crippen MR) is 80.4 cm³/mol. The van der Waals surface area contributed by atoms with Crippen molar-refractivity contribution in [1.82, 2.24) is 0 Å². The summed E-state index contributed by atoms with van der Waals surface area (Å²) in [5.74, 6) is 1.86. The number of phenolic OH excluding ortho intramolecular Hbond substituents is 1. The Morgan fingerprint density at radius 2 is 1.90 bits per heavy atom. The van der Waals surface area contributed by atoms with Crippen molar-refractivity contribution >= 4 is 6.08 Å². The first kappa shape index (κ1) is 14.0. The molecule has 0 aromatic heterocycles. The van der Waals surface area contributed by atoms with Gasteiger partial charge in [0.2, 0.25) is 0 Å². The highest BCUT2D eigenvalue weighted by Crippen LogP contribution is 2.25. The Labute approximate surface area is 119 Å². The van der Waals surface area contributed by atoms with Crippen LogP contribution in [-0.4, -0.2) is 19.3 Å². The zero-order chi connectivity index (χ0) is 14.4. The summed E-state index contributed by atoms with van der Waals surface area (Å²) in [6.07, 6.45) is 4.77. The molecule has 0 radical (unpaired) electrons. The van der Waals surface area contributed by atoms with Gasteiger partial charge in [-0.1, -0.05) is 30.4 Å². The minimum absolute atomic E-state index is 0.272. The van der Waals surface area contributed by atoms with Crippen LogP contribution in [-0.2, 0) is 6.42 Å². The van der Waals surface area contributed by atoms with Crippen LogP contribution >= 0.6 is 0 Å². The van der Waals surface area contributed by atoms with E-state index in [0.717, 1.165) is 29.0 Å². The molecule has 0 aliphatic carbocycles. The molecule has 0 aliphatic heterocycles. The van der Waals surface area contributed by atoms with Gasteiger partial charge in [-0.3, -0.25) is 0 Å². The fourth-order valence-corrected chi connectivity index (χ4v) is 1.97. The second-order valence-electron chi connectivity index (χ2n) is 4.38. The highest BCUT2D eigenvalue weighted by Gasteiger charge is 2.03. The molecule has 20 heavy (non-hydrogen) atoms. The van der Waals surface area contributed by atoms with Crippen LogP contribution in [0.15, 0.2) is 48.5 Å². The second-order valence-corrected chi connectivity index (χ2v) is 4.38. The lowest BCUT2D eigenvalue weighted by molar-refractivity contribution is 0.391. The van der Waals surface area contributed by atoms with Crippen LogP contribution in [0.1, 0.15) is 11.1 Å². The van der Waals surface area contributed by atoms with Crippen molar-refractivity contribution < 1.29 is 14.6 Å². The number of aromatic hydroxyl groups is 1. The summed E-state index contributed by atoms with van der Waals surface area (Å²) >= 11 is 0. The summed E-state index contributed by atoms with van der Waals surface area (Å²) < 4.78 is 10.5. The molecule has 0 unspecified atom stereocenters. The van der Waals surface area contributed by atoms with E-state index < -0.39 is 0 Å². The lowest BCUT2D eigenvalue weighted by Crippen LogP contribution is -1.92. The van der Waals surface area contributed by atoms with E-state index in [2.05, 4.69) is 0 Å². The molecule has 0 saturated heterocycles. The quantitative estimate of drug-likeness (QED) is 0.901. The number of ether oxygens (including phenoxy) is 2. The lowest BCUT2D eigenvalue weighted by Gasteiger charge is -2.08. The molecule has 0 heterocycles. The fraction of sp³-hybridized carbons (Fsp3) is 0.176. The molecule has 104 valence electrons. The molecule has 3 heteroatoms. The zero-order valence-electron chi connectivity index (χ0n) is 11.7. The molecule has 1 N–H and O–H groups in total. The summed E-state index contributed by atoms with van der Waals surface area (Å²) in [6.45, 7) is 0. The van der Waals surface area contributed by atoms with Crippen molar-refractivity contribution in [3.05, 3.63) is 59.7 Å². The van der Waals surface area contributed by atoms with Crippen LogP contribution in [0.2, 0.25) is 0 Å². The van der Waals surface area contributed by atoms with Crippen LogP contribution in [0.4, 0.5) is 0 Å². The maximum Gasteiger partial charge on any atom is 0.126 e. The van der Waals surface area contributed by atoms with Gasteiger partial charge >= 0.3 is 0 Å². The molecule has 0 saturated carbocycles. The van der Waals surface area contributed by atoms with Crippen molar-refractivity contribution in [3.8, 4) is 17.2 Å². The monoisotopic (exact) mass is 270 g/mol. The molecular formula is C17H18O3. The third kappa shape index (κ3) is 3.54. The van der Waals surface area contributed by atoms with Gasteiger partial charge < -0.3 is 14.6 Å². The summed E-state index contributed by atoms with van der Waals surface area (Å²) in [4.78, 5) is 0. The van der Waals surface area contributed by atoms with Gasteiger partial charge in [0.1, 0.15) is 17.2 Å². The third-order valence-corrected chi connectivity index (χ3v) is 3.01. The number of phenols is 1. The smallest absolute Gasteiger partial charge is 0.126 e. The van der Waals surface area contributed by atoms with E-state index in [4.69, 9.17) is 9.47 Å². The van der Waals surface area contributed by atoms with E-state index >= 15 is 0 Å². The Morgan fingerprint density at radius 3 is 2.60 bits per heavy atom. The molecule has 0 fully saturated rings. The topological polar surface area (TPSA) is 38.7 Å². The first-order valence-electron chi connectivity index (χ1n) is 6.39. The van der Waals surface area contributed by atoms with E-state index in [1.165, 1.54) is 0 Å². The maximum absolute atomic E-state index is 9.40. The van der Waals surface area contributed by atoms with Crippen molar-refractivity contribution in [2.24, 2.45) is 0 Å². The van der Waals surface area contributed by atoms with Crippen molar-refractivity contribution in [3.63, 3.8) is 0 Å². The Balaban J connectivity index is 2.10. The number of methoxy groups -OCH3 is 2. The van der Waals surface area contributed by atoms with E-state index in [0.29, 0.717) is 0 Å². The van der Waals surface area contributed by atoms with Crippen molar-refractivity contribution in [1.29, 1.82) is 0 Å². The van der Waals surface area contributed by atoms with Crippen molar-refractivity contribution in [2.75, 3.05) is 14.2 Å². The molecule has 0 atom stereocenters. The number of allylic oxidation sites excluding steroid dienone is 1. The summed E-state index contributed by atoms with van der Waals surface area (Å²) in [7, 11) is 3.29. The zero-order valence-corrected chi connectivity index (χ0v) is 11.7. The number of hydrogen-bond donors (Lipinski definition) is 1. The molecule has 0 spiro atoms. The summed E-state index contributed by atoms with van der Waals surface area (Å²) in [6, 6.07) is 12.9. The molecule has 2 aromatic rings. The van der Waals surface area contributed by atoms with Gasteiger partial charge in [0.25, 0.3) is 0 Å². The molecular weight excluding hydrogens is 252 g/mol. The minimum Gasteiger partial charge on any atom is -0.508 e. The van der Waals surface area contributed by atoms with E-state index in [1.807, 2.05) is 42.5 Å². The van der Waals surface area contributed by atoms with Gasteiger partial charge in [0.15, 0.2) is 0 Å².